The predicted molar refractivity (Wildman–Crippen MR) is 66.9 cm³/mol. The molecule has 0 unspecified atom stereocenters. The number of hydrogen-bond donors (Lipinski definition) is 0. The van der Waals surface area contributed by atoms with Crippen molar-refractivity contribution >= 4 is 10.1 Å². The van der Waals surface area contributed by atoms with Crippen LogP contribution in [0.3, 0.4) is 0 Å². The fraction of sp³-hybridized carbons (Fsp3) is 0.167. The number of rotatable bonds is 4. The van der Waals surface area contributed by atoms with E-state index in [2.05, 4.69) is 10.1 Å². The summed E-state index contributed by atoms with van der Waals surface area (Å²) in [5.41, 5.74) is 1.85. The molecule has 0 aliphatic rings. The lowest BCUT2D eigenvalue weighted by Gasteiger charge is -2.02. The zero-order valence-corrected chi connectivity index (χ0v) is 11.1. The average molecular weight is 290 g/mol. The molecule has 0 aliphatic heterocycles. The molecule has 0 bridgehead atoms. The predicted octanol–water partition coefficient (Wildman–Crippen LogP) is -0.152. The van der Waals surface area contributed by atoms with Crippen LogP contribution >= 0.6 is 0 Å². The largest absolute Gasteiger partial charge is 0.748 e. The number of pyridine rings is 1. The fourth-order valence-corrected chi connectivity index (χ4v) is 1.91. The minimum Gasteiger partial charge on any atom is -0.748 e. The van der Waals surface area contributed by atoms with Crippen LogP contribution in [-0.2, 0) is 16.7 Å². The molecule has 8 heteroatoms. The Labute approximate surface area is 115 Å². The Morgan fingerprint density at radius 3 is 2.60 bits per heavy atom. The maximum atomic E-state index is 10.5. The minimum absolute atomic E-state index is 0.00686. The first-order valence-electron chi connectivity index (χ1n) is 5.64. The summed E-state index contributed by atoms with van der Waals surface area (Å²) < 4.78 is 32.9. The minimum atomic E-state index is -4.25. The molecule has 2 aromatic heterocycles. The molecule has 0 saturated carbocycles. The number of hydrogen-bond acceptors (Lipinski definition) is 6. The summed E-state index contributed by atoms with van der Waals surface area (Å²) in [5.74, 6) is -0.501. The molecule has 0 aliphatic carbocycles. The van der Waals surface area contributed by atoms with Crippen LogP contribution in [0.4, 0.5) is 0 Å². The van der Waals surface area contributed by atoms with E-state index in [4.69, 9.17) is 5.26 Å². The van der Waals surface area contributed by atoms with E-state index >= 15 is 0 Å². The second-order valence-corrected chi connectivity index (χ2v) is 5.51. The number of nitriles is 1. The molecule has 0 spiro atoms. The van der Waals surface area contributed by atoms with Gasteiger partial charge < -0.3 is 4.55 Å². The number of nitrogens with zero attached hydrogens (tertiary/aromatic N) is 4. The van der Waals surface area contributed by atoms with Crippen LogP contribution in [0.25, 0.3) is 11.3 Å². The van der Waals surface area contributed by atoms with E-state index in [0.717, 1.165) is 5.56 Å². The lowest BCUT2D eigenvalue weighted by Crippen LogP contribution is -2.40. The second-order valence-electron chi connectivity index (χ2n) is 3.98. The van der Waals surface area contributed by atoms with Crippen molar-refractivity contribution in [3.63, 3.8) is 0 Å². The smallest absolute Gasteiger partial charge is 0.197 e. The SMILES string of the molecule is N#Cc1ccc(-c2cc[n+](CCS(=O)(=O)[O-])nc2)nc1. The number of aryl methyl sites for hydroxylation is 1. The molecule has 0 aromatic carbocycles. The maximum absolute atomic E-state index is 10.5. The van der Waals surface area contributed by atoms with E-state index in [1.165, 1.54) is 17.1 Å². The van der Waals surface area contributed by atoms with Crippen molar-refractivity contribution in [1.29, 1.82) is 5.26 Å². The van der Waals surface area contributed by atoms with Gasteiger partial charge >= 0.3 is 0 Å². The van der Waals surface area contributed by atoms with Crippen LogP contribution in [0.15, 0.2) is 36.8 Å². The van der Waals surface area contributed by atoms with Crippen molar-refractivity contribution in [3.8, 4) is 17.3 Å². The summed E-state index contributed by atoms with van der Waals surface area (Å²) in [4.78, 5) is 4.12. The standard InChI is InChI=1S/C12H10N4O3S/c13-7-10-1-2-12(14-8-10)11-3-4-16(15-9-11)5-6-20(17,18)19/h1-4,8-9H,5-6H2. The highest BCUT2D eigenvalue weighted by Crippen LogP contribution is 2.13. The van der Waals surface area contributed by atoms with Gasteiger partial charge in [-0.15, -0.1) is 0 Å². The van der Waals surface area contributed by atoms with Crippen molar-refractivity contribution in [2.45, 2.75) is 6.54 Å². The molecule has 0 N–H and O–H groups in total. The van der Waals surface area contributed by atoms with Crippen molar-refractivity contribution in [3.05, 3.63) is 42.4 Å². The van der Waals surface area contributed by atoms with Crippen LogP contribution in [0.2, 0.25) is 0 Å². The lowest BCUT2D eigenvalue weighted by molar-refractivity contribution is -0.750. The Balaban J connectivity index is 2.13. The van der Waals surface area contributed by atoms with Gasteiger partial charge in [0.15, 0.2) is 12.7 Å². The van der Waals surface area contributed by atoms with Crippen LogP contribution in [-0.4, -0.2) is 28.8 Å². The molecule has 2 heterocycles. The van der Waals surface area contributed by atoms with Crippen LogP contribution in [0, 0.1) is 11.3 Å². The molecule has 0 fully saturated rings. The molecule has 0 radical (unpaired) electrons. The van der Waals surface area contributed by atoms with Gasteiger partial charge in [0.05, 0.1) is 17.0 Å². The monoisotopic (exact) mass is 290 g/mol. The molecule has 0 atom stereocenters. The van der Waals surface area contributed by atoms with Crippen molar-refractivity contribution < 1.29 is 17.7 Å². The topological polar surface area (TPSA) is 111 Å². The first kappa shape index (κ1) is 14.0. The Morgan fingerprint density at radius 1 is 1.30 bits per heavy atom. The molecular weight excluding hydrogens is 280 g/mol. The van der Waals surface area contributed by atoms with Gasteiger partial charge in [-0.3, -0.25) is 4.98 Å². The Bertz CT molecular complexity index is 734. The highest BCUT2D eigenvalue weighted by molar-refractivity contribution is 7.85. The summed E-state index contributed by atoms with van der Waals surface area (Å²) >= 11 is 0. The Hall–Kier alpha value is -2.37. The molecule has 2 rings (SSSR count). The highest BCUT2D eigenvalue weighted by Gasteiger charge is 2.07. The Kier molecular flexibility index (Phi) is 4.02. The van der Waals surface area contributed by atoms with Crippen molar-refractivity contribution in [1.82, 2.24) is 10.1 Å². The van der Waals surface area contributed by atoms with Gasteiger partial charge in [0.25, 0.3) is 0 Å². The summed E-state index contributed by atoms with van der Waals surface area (Å²) in [5, 5.41) is 12.7. The van der Waals surface area contributed by atoms with Gasteiger partial charge in [-0.2, -0.15) is 5.26 Å². The quantitative estimate of drug-likeness (QED) is 0.572. The molecule has 7 nitrogen and oxygen atoms in total. The first-order valence-corrected chi connectivity index (χ1v) is 7.21. The van der Waals surface area contributed by atoms with Gasteiger partial charge in [-0.1, -0.05) is 4.68 Å². The third-order valence-electron chi connectivity index (χ3n) is 2.53. The van der Waals surface area contributed by atoms with Crippen LogP contribution in [0.5, 0.6) is 0 Å². The molecule has 20 heavy (non-hydrogen) atoms. The summed E-state index contributed by atoms with van der Waals surface area (Å²) in [7, 11) is -4.25. The molecular formula is C12H10N4O3S. The fourth-order valence-electron chi connectivity index (χ4n) is 1.50. The second kappa shape index (κ2) is 5.73. The van der Waals surface area contributed by atoms with Crippen molar-refractivity contribution in [2.24, 2.45) is 0 Å². The zero-order chi connectivity index (χ0) is 14.6. The third-order valence-corrected chi connectivity index (χ3v) is 3.21. The van der Waals surface area contributed by atoms with Gasteiger partial charge in [0.2, 0.25) is 0 Å². The van der Waals surface area contributed by atoms with E-state index in [-0.39, 0.29) is 6.54 Å². The molecule has 0 saturated heterocycles. The van der Waals surface area contributed by atoms with E-state index in [0.29, 0.717) is 11.3 Å². The number of aromatic nitrogens is 3. The third kappa shape index (κ3) is 3.81. The van der Waals surface area contributed by atoms with Crippen molar-refractivity contribution in [2.75, 3.05) is 5.75 Å². The molecule has 0 amide bonds. The van der Waals surface area contributed by atoms with Gasteiger partial charge in [0.1, 0.15) is 22.4 Å². The first-order chi connectivity index (χ1) is 9.48. The van der Waals surface area contributed by atoms with Gasteiger partial charge in [0, 0.05) is 17.8 Å². The average Bonchev–Trinajstić information content (AvgIpc) is 2.45. The van der Waals surface area contributed by atoms with E-state index in [1.54, 1.807) is 24.4 Å². The van der Waals surface area contributed by atoms with E-state index in [9.17, 15) is 13.0 Å². The van der Waals surface area contributed by atoms with Gasteiger partial charge in [-0.25, -0.2) is 8.42 Å². The van der Waals surface area contributed by atoms with Gasteiger partial charge in [-0.05, 0) is 17.2 Å². The normalized spacial score (nSPS) is 11.0. The summed E-state index contributed by atoms with van der Waals surface area (Å²) in [6.07, 6.45) is 4.55. The summed E-state index contributed by atoms with van der Waals surface area (Å²) in [6, 6.07) is 7.03. The molecule has 2 aromatic rings. The zero-order valence-electron chi connectivity index (χ0n) is 10.3. The van der Waals surface area contributed by atoms with Crippen LogP contribution in [0.1, 0.15) is 5.56 Å². The summed E-state index contributed by atoms with van der Waals surface area (Å²) in [6.45, 7) is 0.00686. The Morgan fingerprint density at radius 2 is 2.10 bits per heavy atom. The van der Waals surface area contributed by atoms with E-state index < -0.39 is 15.9 Å². The lowest BCUT2D eigenvalue weighted by atomic mass is 10.2. The highest BCUT2D eigenvalue weighted by atomic mass is 32.2. The van der Waals surface area contributed by atoms with E-state index in [1.807, 2.05) is 6.07 Å². The molecule has 102 valence electrons. The maximum Gasteiger partial charge on any atom is 0.197 e. The van der Waals surface area contributed by atoms with Crippen LogP contribution < -0.4 is 4.68 Å².